The van der Waals surface area contributed by atoms with Gasteiger partial charge in [0.1, 0.15) is 16.7 Å². The highest BCUT2D eigenvalue weighted by Gasteiger charge is 2.21. The number of carbonyl (C=O) groups excluding carboxylic acids is 2. The molecule has 26 heavy (non-hydrogen) atoms. The van der Waals surface area contributed by atoms with E-state index in [1.165, 1.54) is 11.3 Å². The zero-order valence-corrected chi connectivity index (χ0v) is 15.5. The predicted molar refractivity (Wildman–Crippen MR) is 95.7 cm³/mol. The molecule has 0 saturated heterocycles. The number of hydrogen-bond acceptors (Lipinski definition) is 6. The molecule has 0 spiro atoms. The van der Waals surface area contributed by atoms with Crippen molar-refractivity contribution in [1.29, 1.82) is 0 Å². The number of carbonyl (C=O) groups is 3. The van der Waals surface area contributed by atoms with E-state index in [0.29, 0.717) is 11.4 Å². The van der Waals surface area contributed by atoms with Crippen molar-refractivity contribution in [1.82, 2.24) is 25.4 Å². The van der Waals surface area contributed by atoms with Crippen LogP contribution in [-0.4, -0.2) is 50.2 Å². The first-order valence-corrected chi connectivity index (χ1v) is 8.89. The first-order valence-electron chi connectivity index (χ1n) is 8.01. The van der Waals surface area contributed by atoms with E-state index in [1.807, 2.05) is 13.8 Å². The molecule has 0 aliphatic rings. The van der Waals surface area contributed by atoms with Crippen LogP contribution in [0.4, 0.5) is 0 Å². The number of nitrogens with one attached hydrogen (secondary N) is 2. The van der Waals surface area contributed by atoms with Crippen molar-refractivity contribution in [2.45, 2.75) is 26.3 Å². The van der Waals surface area contributed by atoms with Crippen molar-refractivity contribution < 1.29 is 19.5 Å². The Kier molecular flexibility index (Phi) is 6.45. The lowest BCUT2D eigenvalue weighted by Crippen LogP contribution is -2.46. The zero-order valence-electron chi connectivity index (χ0n) is 14.7. The summed E-state index contributed by atoms with van der Waals surface area (Å²) in [7, 11) is 1.78. The van der Waals surface area contributed by atoms with Gasteiger partial charge in [0.15, 0.2) is 0 Å². The van der Waals surface area contributed by atoms with Crippen LogP contribution in [0.15, 0.2) is 17.8 Å². The van der Waals surface area contributed by atoms with E-state index in [9.17, 15) is 14.4 Å². The average Bonchev–Trinajstić information content (AvgIpc) is 3.20. The number of aromatic nitrogens is 3. The largest absolute Gasteiger partial charge is 0.480 e. The van der Waals surface area contributed by atoms with E-state index >= 15 is 0 Å². The van der Waals surface area contributed by atoms with Gasteiger partial charge in [-0.3, -0.25) is 14.3 Å². The Morgan fingerprint density at radius 3 is 2.65 bits per heavy atom. The highest BCUT2D eigenvalue weighted by atomic mass is 32.1. The Hall–Kier alpha value is -2.75. The van der Waals surface area contributed by atoms with E-state index in [1.54, 1.807) is 29.5 Å². The molecule has 1 atom stereocenters. The normalized spacial score (nSPS) is 12.0. The molecule has 2 rings (SSSR count). The minimum Gasteiger partial charge on any atom is -0.480 e. The van der Waals surface area contributed by atoms with Gasteiger partial charge in [0, 0.05) is 24.2 Å². The lowest BCUT2D eigenvalue weighted by molar-refractivity contribution is -0.142. The fraction of sp³-hybridized carbons (Fsp3) is 0.438. The first-order chi connectivity index (χ1) is 12.3. The third-order valence-electron chi connectivity index (χ3n) is 3.44. The lowest BCUT2D eigenvalue weighted by atomic mass is 10.0. The average molecular weight is 379 g/mol. The monoisotopic (exact) mass is 379 g/mol. The Morgan fingerprint density at radius 1 is 1.35 bits per heavy atom. The van der Waals surface area contributed by atoms with Crippen molar-refractivity contribution in [3.8, 4) is 10.6 Å². The number of nitrogens with zero attached hydrogens (tertiary/aromatic N) is 3. The highest BCUT2D eigenvalue weighted by Crippen LogP contribution is 2.22. The van der Waals surface area contributed by atoms with Crippen LogP contribution < -0.4 is 10.6 Å². The van der Waals surface area contributed by atoms with Crippen molar-refractivity contribution in [2.75, 3.05) is 6.54 Å². The van der Waals surface area contributed by atoms with Crippen LogP contribution in [0, 0.1) is 5.92 Å². The molecule has 0 unspecified atom stereocenters. The maximum Gasteiger partial charge on any atom is 0.326 e. The number of rotatable bonds is 8. The number of aliphatic carboxylic acids is 1. The summed E-state index contributed by atoms with van der Waals surface area (Å²) in [6.07, 6.45) is 3.75. The molecule has 0 fully saturated rings. The second-order valence-corrected chi connectivity index (χ2v) is 7.07. The van der Waals surface area contributed by atoms with E-state index < -0.39 is 23.8 Å². The van der Waals surface area contributed by atoms with Gasteiger partial charge in [-0.15, -0.1) is 11.3 Å². The van der Waals surface area contributed by atoms with Crippen LogP contribution >= 0.6 is 11.3 Å². The standard InChI is InChI=1S/C16H21N5O4S/c1-9(2)4-11(16(24)25)19-13(22)6-17-14(23)12-8-26-15(20-12)10-5-18-21(3)7-10/h5,7-9,11H,4,6H2,1-3H3,(H,17,23)(H,19,22)(H,24,25)/t11-/m0/s1. The molecule has 0 aliphatic heterocycles. The molecule has 2 aromatic rings. The molecule has 0 bridgehead atoms. The van der Waals surface area contributed by atoms with Gasteiger partial charge < -0.3 is 15.7 Å². The quantitative estimate of drug-likeness (QED) is 0.625. The highest BCUT2D eigenvalue weighted by molar-refractivity contribution is 7.13. The maximum absolute atomic E-state index is 12.1. The number of thiazole rings is 1. The summed E-state index contributed by atoms with van der Waals surface area (Å²) >= 11 is 1.30. The van der Waals surface area contributed by atoms with Crippen molar-refractivity contribution in [3.63, 3.8) is 0 Å². The van der Waals surface area contributed by atoms with E-state index in [4.69, 9.17) is 5.11 Å². The van der Waals surface area contributed by atoms with Crippen LogP contribution in [0.25, 0.3) is 10.6 Å². The summed E-state index contributed by atoms with van der Waals surface area (Å²) in [4.78, 5) is 39.4. The van der Waals surface area contributed by atoms with Crippen LogP contribution in [0.5, 0.6) is 0 Å². The van der Waals surface area contributed by atoms with Gasteiger partial charge in [-0.25, -0.2) is 9.78 Å². The minimum absolute atomic E-state index is 0.117. The van der Waals surface area contributed by atoms with Gasteiger partial charge in [0.2, 0.25) is 5.91 Å². The number of hydrogen-bond donors (Lipinski definition) is 3. The van der Waals surface area contributed by atoms with Crippen LogP contribution in [-0.2, 0) is 16.6 Å². The number of amides is 2. The molecule has 0 saturated carbocycles. The van der Waals surface area contributed by atoms with E-state index in [2.05, 4.69) is 20.7 Å². The fourth-order valence-corrected chi connectivity index (χ4v) is 3.01. The van der Waals surface area contributed by atoms with Crippen LogP contribution in [0.1, 0.15) is 30.8 Å². The molecular weight excluding hydrogens is 358 g/mol. The van der Waals surface area contributed by atoms with Crippen LogP contribution in [0.3, 0.4) is 0 Å². The summed E-state index contributed by atoms with van der Waals surface area (Å²) in [5, 5.41) is 20.3. The summed E-state index contributed by atoms with van der Waals surface area (Å²) < 4.78 is 1.64. The molecule has 0 aromatic carbocycles. The van der Waals surface area contributed by atoms with E-state index in [0.717, 1.165) is 5.56 Å². The summed E-state index contributed by atoms with van der Waals surface area (Å²) in [5.41, 5.74) is 0.992. The summed E-state index contributed by atoms with van der Waals surface area (Å²) in [6, 6.07) is -0.976. The lowest BCUT2D eigenvalue weighted by Gasteiger charge is -2.16. The second-order valence-electron chi connectivity index (χ2n) is 6.21. The molecule has 2 amide bonds. The van der Waals surface area contributed by atoms with Gasteiger partial charge >= 0.3 is 5.97 Å². The van der Waals surface area contributed by atoms with Crippen molar-refractivity contribution in [2.24, 2.45) is 13.0 Å². The van der Waals surface area contributed by atoms with Gasteiger partial charge in [0.05, 0.1) is 12.7 Å². The molecule has 2 aromatic heterocycles. The number of aryl methyl sites for hydroxylation is 1. The molecule has 2 heterocycles. The molecule has 140 valence electrons. The zero-order chi connectivity index (χ0) is 19.3. The first kappa shape index (κ1) is 19.6. The Morgan fingerprint density at radius 2 is 2.08 bits per heavy atom. The molecule has 10 heteroatoms. The van der Waals surface area contributed by atoms with Crippen molar-refractivity contribution in [3.05, 3.63) is 23.5 Å². The molecule has 9 nitrogen and oxygen atoms in total. The Labute approximate surface area is 154 Å². The third-order valence-corrected chi connectivity index (χ3v) is 4.33. The fourth-order valence-electron chi connectivity index (χ4n) is 2.23. The Bertz CT molecular complexity index is 798. The predicted octanol–water partition coefficient (Wildman–Crippen LogP) is 0.889. The minimum atomic E-state index is -1.10. The number of carboxylic acid groups (broad SMARTS) is 1. The Balaban J connectivity index is 1.89. The smallest absolute Gasteiger partial charge is 0.326 e. The van der Waals surface area contributed by atoms with Gasteiger partial charge in [-0.1, -0.05) is 13.8 Å². The summed E-state index contributed by atoms with van der Waals surface area (Å²) in [5.74, 6) is -2.04. The van der Waals surface area contributed by atoms with Gasteiger partial charge in [0.25, 0.3) is 5.91 Å². The van der Waals surface area contributed by atoms with Crippen molar-refractivity contribution >= 4 is 29.1 Å². The van der Waals surface area contributed by atoms with E-state index in [-0.39, 0.29) is 18.2 Å². The SMILES string of the molecule is CC(C)C[C@H](NC(=O)CNC(=O)c1csc(-c2cnn(C)c2)n1)C(=O)O. The topological polar surface area (TPSA) is 126 Å². The maximum atomic E-state index is 12.1. The molecular formula is C16H21N5O4S. The van der Waals surface area contributed by atoms with Gasteiger partial charge in [-0.05, 0) is 12.3 Å². The third kappa shape index (κ3) is 5.38. The van der Waals surface area contributed by atoms with Crippen LogP contribution in [0.2, 0.25) is 0 Å². The number of carboxylic acids is 1. The molecule has 0 radical (unpaired) electrons. The summed E-state index contributed by atoms with van der Waals surface area (Å²) in [6.45, 7) is 3.42. The molecule has 0 aliphatic carbocycles. The van der Waals surface area contributed by atoms with Gasteiger partial charge in [-0.2, -0.15) is 5.10 Å². The molecule has 3 N–H and O–H groups in total. The second kappa shape index (κ2) is 8.56.